The van der Waals surface area contributed by atoms with Crippen molar-refractivity contribution in [3.05, 3.63) is 0 Å². The monoisotopic (exact) mass is 253 g/mol. The maximum atomic E-state index is 9.39. The topological polar surface area (TPSA) is 66.5 Å². The summed E-state index contributed by atoms with van der Waals surface area (Å²) in [4.78, 5) is 0. The molecule has 0 spiro atoms. The molecule has 0 saturated heterocycles. The number of aliphatic hydroxyl groups is 2. The molecular formula is C15H27NO2. The number of aliphatic hydroxyl groups excluding tert-OH is 2. The first-order valence-electron chi connectivity index (χ1n) is 7.72. The van der Waals surface area contributed by atoms with Crippen LogP contribution in [0.4, 0.5) is 0 Å². The van der Waals surface area contributed by atoms with Gasteiger partial charge in [-0.25, -0.2) is 0 Å². The second-order valence-electron chi connectivity index (χ2n) is 7.12. The van der Waals surface area contributed by atoms with Crippen LogP contribution in [0.25, 0.3) is 0 Å². The lowest BCUT2D eigenvalue weighted by Crippen LogP contribution is -2.40. The Morgan fingerprint density at radius 3 is 2.06 bits per heavy atom. The predicted molar refractivity (Wildman–Crippen MR) is 70.8 cm³/mol. The van der Waals surface area contributed by atoms with Crippen molar-refractivity contribution in [2.24, 2.45) is 35.3 Å². The van der Waals surface area contributed by atoms with Crippen molar-refractivity contribution in [1.82, 2.24) is 0 Å². The molecule has 3 nitrogen and oxygen atoms in total. The lowest BCUT2D eigenvalue weighted by molar-refractivity contribution is -0.0276. The first-order chi connectivity index (χ1) is 8.65. The summed E-state index contributed by atoms with van der Waals surface area (Å²) in [5.41, 5.74) is 5.86. The number of nitrogens with two attached hydrogens (primary N) is 1. The van der Waals surface area contributed by atoms with Crippen molar-refractivity contribution in [3.8, 4) is 0 Å². The van der Waals surface area contributed by atoms with Crippen LogP contribution in [0.2, 0.25) is 0 Å². The summed E-state index contributed by atoms with van der Waals surface area (Å²) in [6.07, 6.45) is 8.21. The molecule has 4 N–H and O–H groups in total. The van der Waals surface area contributed by atoms with Crippen molar-refractivity contribution in [1.29, 1.82) is 0 Å². The van der Waals surface area contributed by atoms with Crippen LogP contribution in [-0.4, -0.2) is 29.0 Å². The van der Waals surface area contributed by atoms with E-state index in [9.17, 15) is 10.2 Å². The summed E-state index contributed by atoms with van der Waals surface area (Å²) in [5.74, 6) is 3.76. The van der Waals surface area contributed by atoms with Gasteiger partial charge in [0.25, 0.3) is 0 Å². The van der Waals surface area contributed by atoms with E-state index in [2.05, 4.69) is 0 Å². The van der Waals surface area contributed by atoms with Crippen LogP contribution in [0, 0.1) is 29.6 Å². The van der Waals surface area contributed by atoms with E-state index < -0.39 is 0 Å². The summed E-state index contributed by atoms with van der Waals surface area (Å²) in [6, 6.07) is 0. The zero-order chi connectivity index (χ0) is 12.7. The van der Waals surface area contributed by atoms with Gasteiger partial charge in [0.1, 0.15) is 0 Å². The van der Waals surface area contributed by atoms with E-state index in [4.69, 9.17) is 5.73 Å². The van der Waals surface area contributed by atoms with Crippen LogP contribution in [-0.2, 0) is 0 Å². The van der Waals surface area contributed by atoms with E-state index >= 15 is 0 Å². The summed E-state index contributed by atoms with van der Waals surface area (Å²) in [7, 11) is 0. The average molecular weight is 253 g/mol. The molecule has 0 radical (unpaired) electrons. The highest BCUT2D eigenvalue weighted by molar-refractivity contribution is 4.93. The van der Waals surface area contributed by atoms with Gasteiger partial charge in [-0.3, -0.25) is 0 Å². The second-order valence-corrected chi connectivity index (χ2v) is 7.12. The lowest BCUT2D eigenvalue weighted by atomic mass is 9.60. The van der Waals surface area contributed by atoms with Crippen molar-refractivity contribution in [2.75, 3.05) is 6.54 Å². The van der Waals surface area contributed by atoms with Crippen LogP contribution >= 0.6 is 0 Å². The van der Waals surface area contributed by atoms with Gasteiger partial charge in [0.2, 0.25) is 0 Å². The highest BCUT2D eigenvalue weighted by atomic mass is 16.3. The van der Waals surface area contributed by atoms with Crippen molar-refractivity contribution in [2.45, 2.75) is 57.2 Å². The molecule has 3 saturated carbocycles. The molecule has 3 aliphatic carbocycles. The number of hydrogen-bond acceptors (Lipinski definition) is 3. The smallest absolute Gasteiger partial charge is 0.0573 e. The zero-order valence-corrected chi connectivity index (χ0v) is 11.2. The highest BCUT2D eigenvalue weighted by Gasteiger charge is 2.42. The van der Waals surface area contributed by atoms with Crippen molar-refractivity contribution >= 4 is 0 Å². The number of rotatable bonds is 6. The minimum atomic E-state index is -0.0235. The van der Waals surface area contributed by atoms with Crippen molar-refractivity contribution < 1.29 is 10.2 Å². The molecule has 3 atom stereocenters. The molecule has 0 heterocycles. The molecule has 0 aromatic rings. The largest absolute Gasteiger partial charge is 0.393 e. The molecule has 0 bridgehead atoms. The Bertz CT molecular complexity index is 284. The van der Waals surface area contributed by atoms with Gasteiger partial charge >= 0.3 is 0 Å². The molecule has 0 aliphatic heterocycles. The third kappa shape index (κ3) is 2.73. The van der Waals surface area contributed by atoms with Gasteiger partial charge in [-0.1, -0.05) is 0 Å². The second kappa shape index (κ2) is 5.10. The molecule has 0 aromatic carbocycles. The standard InChI is InChI=1S/C15H27NO2/c16-8-10(4-13-7-15(13)18)1-9-2-11(3-9)12-5-14(17)6-12/h9-15,17-18H,1-8,16H2/t9?,10-,11?,12?,13+,14?,15?/m0/s1. The van der Waals surface area contributed by atoms with E-state index in [1.807, 2.05) is 0 Å². The maximum Gasteiger partial charge on any atom is 0.0573 e. The van der Waals surface area contributed by atoms with E-state index in [1.165, 1.54) is 19.3 Å². The fourth-order valence-corrected chi connectivity index (χ4v) is 4.05. The summed E-state index contributed by atoms with van der Waals surface area (Å²) >= 11 is 0. The summed E-state index contributed by atoms with van der Waals surface area (Å²) in [6.45, 7) is 0.784. The molecule has 1 unspecified atom stereocenters. The van der Waals surface area contributed by atoms with Crippen LogP contribution < -0.4 is 5.73 Å². The van der Waals surface area contributed by atoms with Crippen LogP contribution in [0.15, 0.2) is 0 Å². The first-order valence-corrected chi connectivity index (χ1v) is 7.72. The Morgan fingerprint density at radius 2 is 1.56 bits per heavy atom. The minimum Gasteiger partial charge on any atom is -0.393 e. The van der Waals surface area contributed by atoms with E-state index in [-0.39, 0.29) is 12.2 Å². The molecule has 104 valence electrons. The normalized spacial score (nSPS) is 48.2. The number of hydrogen-bond donors (Lipinski definition) is 3. The Kier molecular flexibility index (Phi) is 3.65. The van der Waals surface area contributed by atoms with E-state index in [0.717, 1.165) is 50.0 Å². The van der Waals surface area contributed by atoms with Gasteiger partial charge in [-0.15, -0.1) is 0 Å². The molecule has 0 amide bonds. The third-order valence-corrected chi connectivity index (χ3v) is 5.61. The quantitative estimate of drug-likeness (QED) is 0.672. The Hall–Kier alpha value is -0.120. The molecule has 3 rings (SSSR count). The lowest BCUT2D eigenvalue weighted by Gasteiger charge is -2.47. The van der Waals surface area contributed by atoms with E-state index in [1.54, 1.807) is 0 Å². The Balaban J connectivity index is 1.34. The molecule has 3 fully saturated rings. The van der Waals surface area contributed by atoms with Gasteiger partial charge in [-0.05, 0) is 81.1 Å². The SMILES string of the molecule is NC[C@@H](CC1CC(C2CC(O)C2)C1)C[C@@H]1CC1O. The third-order valence-electron chi connectivity index (χ3n) is 5.61. The Morgan fingerprint density at radius 1 is 0.944 bits per heavy atom. The molecular weight excluding hydrogens is 226 g/mol. The van der Waals surface area contributed by atoms with Gasteiger partial charge < -0.3 is 15.9 Å². The van der Waals surface area contributed by atoms with Gasteiger partial charge in [-0.2, -0.15) is 0 Å². The van der Waals surface area contributed by atoms with Crippen molar-refractivity contribution in [3.63, 3.8) is 0 Å². The molecule has 18 heavy (non-hydrogen) atoms. The molecule has 3 aliphatic rings. The summed E-state index contributed by atoms with van der Waals surface area (Å²) < 4.78 is 0. The molecule has 0 aromatic heterocycles. The van der Waals surface area contributed by atoms with Gasteiger partial charge in [0, 0.05) is 0 Å². The first kappa shape index (κ1) is 12.9. The van der Waals surface area contributed by atoms with Gasteiger partial charge in [0.15, 0.2) is 0 Å². The fourth-order valence-electron chi connectivity index (χ4n) is 4.05. The van der Waals surface area contributed by atoms with Gasteiger partial charge in [0.05, 0.1) is 12.2 Å². The molecule has 3 heteroatoms. The maximum absolute atomic E-state index is 9.39. The van der Waals surface area contributed by atoms with Crippen LogP contribution in [0.3, 0.4) is 0 Å². The summed E-state index contributed by atoms with van der Waals surface area (Å²) in [5, 5.41) is 18.7. The average Bonchev–Trinajstić information content (AvgIpc) is 2.93. The highest BCUT2D eigenvalue weighted by Crippen LogP contribution is 2.49. The Labute approximate surface area is 110 Å². The fraction of sp³-hybridized carbons (Fsp3) is 1.00. The predicted octanol–water partition coefficient (Wildman–Crippen LogP) is 1.52. The van der Waals surface area contributed by atoms with Crippen LogP contribution in [0.5, 0.6) is 0 Å². The zero-order valence-electron chi connectivity index (χ0n) is 11.2. The van der Waals surface area contributed by atoms with Crippen LogP contribution in [0.1, 0.15) is 44.9 Å². The minimum absolute atomic E-state index is 0.00203. The van der Waals surface area contributed by atoms with E-state index in [0.29, 0.717) is 11.8 Å².